The molecule has 148 valence electrons. The van der Waals surface area contributed by atoms with E-state index >= 15 is 0 Å². The van der Waals surface area contributed by atoms with Crippen LogP contribution in [0.25, 0.3) is 0 Å². The number of hydrogen-bond donors (Lipinski definition) is 1. The van der Waals surface area contributed by atoms with Gasteiger partial charge in [-0.05, 0) is 61.0 Å². The fourth-order valence-electron chi connectivity index (χ4n) is 4.80. The summed E-state index contributed by atoms with van der Waals surface area (Å²) in [5.74, 6) is 0.692. The van der Waals surface area contributed by atoms with Crippen molar-refractivity contribution in [2.45, 2.75) is 31.8 Å². The third kappa shape index (κ3) is 4.13. The van der Waals surface area contributed by atoms with Crippen LogP contribution in [0.15, 0.2) is 48.5 Å². The summed E-state index contributed by atoms with van der Waals surface area (Å²) in [5, 5.41) is 3.30. The minimum Gasteiger partial charge on any atom is -0.388 e. The molecule has 2 aliphatic heterocycles. The molecular formula is C24H31N3O. The van der Waals surface area contributed by atoms with E-state index in [2.05, 4.69) is 57.6 Å². The number of rotatable bonds is 7. The van der Waals surface area contributed by atoms with Gasteiger partial charge >= 0.3 is 0 Å². The van der Waals surface area contributed by atoms with Gasteiger partial charge in [0.25, 0.3) is 0 Å². The van der Waals surface area contributed by atoms with Crippen LogP contribution >= 0.6 is 0 Å². The lowest BCUT2D eigenvalue weighted by Crippen LogP contribution is -2.39. The zero-order valence-corrected chi connectivity index (χ0v) is 16.8. The Bertz CT molecular complexity index is 798. The first kappa shape index (κ1) is 19.2. The molecule has 0 amide bonds. The van der Waals surface area contributed by atoms with E-state index in [0.717, 1.165) is 32.3 Å². The Morgan fingerprint density at radius 3 is 2.61 bits per heavy atom. The third-order valence-corrected chi connectivity index (χ3v) is 6.45. The van der Waals surface area contributed by atoms with E-state index in [0.29, 0.717) is 5.92 Å². The average molecular weight is 378 g/mol. The lowest BCUT2D eigenvalue weighted by Gasteiger charge is -2.34. The van der Waals surface area contributed by atoms with Crippen LogP contribution in [0.4, 0.5) is 5.69 Å². The van der Waals surface area contributed by atoms with Gasteiger partial charge in [-0.2, -0.15) is 0 Å². The van der Waals surface area contributed by atoms with Crippen LogP contribution in [0.5, 0.6) is 0 Å². The molecule has 0 aromatic heterocycles. The van der Waals surface area contributed by atoms with Crippen molar-refractivity contribution in [3.05, 3.63) is 65.2 Å². The van der Waals surface area contributed by atoms with Gasteiger partial charge in [-0.3, -0.25) is 4.90 Å². The van der Waals surface area contributed by atoms with Crippen LogP contribution in [0.1, 0.15) is 35.6 Å². The summed E-state index contributed by atoms with van der Waals surface area (Å²) in [6, 6.07) is 16.9. The topological polar surface area (TPSA) is 35.6 Å². The number of fused-ring (bicyclic) bond motifs is 1. The lowest BCUT2D eigenvalue weighted by atomic mass is 9.95. The van der Waals surface area contributed by atoms with Crippen molar-refractivity contribution in [1.29, 1.82) is 0 Å². The molecule has 4 heteroatoms. The van der Waals surface area contributed by atoms with Gasteiger partial charge < -0.3 is 15.0 Å². The molecule has 0 spiro atoms. The highest BCUT2D eigenvalue weighted by Crippen LogP contribution is 2.34. The van der Waals surface area contributed by atoms with E-state index in [1.165, 1.54) is 48.3 Å². The molecule has 0 bridgehead atoms. The molecule has 0 saturated carbocycles. The normalized spacial score (nSPS) is 20.8. The second-order valence-corrected chi connectivity index (χ2v) is 8.15. The van der Waals surface area contributed by atoms with Crippen LogP contribution in [0.3, 0.4) is 0 Å². The number of para-hydroxylation sites is 1. The molecule has 4 rings (SSSR count). The Hall–Kier alpha value is -2.17. The number of hydrogen-bond acceptors (Lipinski definition) is 4. The number of benzene rings is 2. The second-order valence-electron chi connectivity index (χ2n) is 8.15. The molecule has 4 nitrogen and oxygen atoms in total. The van der Waals surface area contributed by atoms with E-state index in [-0.39, 0.29) is 6.04 Å². The molecule has 2 aliphatic rings. The highest BCUT2D eigenvalue weighted by atomic mass is 16.1. The molecule has 1 atom stereocenters. The quantitative estimate of drug-likeness (QED) is 0.746. The highest BCUT2D eigenvalue weighted by Gasteiger charge is 2.32. The van der Waals surface area contributed by atoms with Gasteiger partial charge in [0.2, 0.25) is 0 Å². The summed E-state index contributed by atoms with van der Waals surface area (Å²) >= 11 is 0. The number of piperidine rings is 1. The maximum Gasteiger partial charge on any atom is 0.141 e. The number of anilines is 1. The Morgan fingerprint density at radius 2 is 1.82 bits per heavy atom. The van der Waals surface area contributed by atoms with E-state index in [1.807, 2.05) is 13.1 Å². The largest absolute Gasteiger partial charge is 0.388 e. The van der Waals surface area contributed by atoms with Crippen LogP contribution in [-0.4, -0.2) is 49.3 Å². The molecule has 1 saturated heterocycles. The van der Waals surface area contributed by atoms with Crippen LogP contribution in [0, 0.1) is 5.92 Å². The summed E-state index contributed by atoms with van der Waals surface area (Å²) in [5.41, 5.74) is 5.17. The van der Waals surface area contributed by atoms with Crippen molar-refractivity contribution in [1.82, 2.24) is 9.80 Å². The van der Waals surface area contributed by atoms with E-state index in [4.69, 9.17) is 0 Å². The maximum atomic E-state index is 11.7. The highest BCUT2D eigenvalue weighted by molar-refractivity contribution is 5.64. The number of carbonyl (C=O) groups is 1. The van der Waals surface area contributed by atoms with Crippen molar-refractivity contribution in [2.75, 3.05) is 38.5 Å². The van der Waals surface area contributed by atoms with Gasteiger partial charge in [0.15, 0.2) is 0 Å². The van der Waals surface area contributed by atoms with Gasteiger partial charge in [-0.15, -0.1) is 0 Å². The Morgan fingerprint density at radius 1 is 1.07 bits per heavy atom. The average Bonchev–Trinajstić information content (AvgIpc) is 3.10. The number of nitrogens with one attached hydrogen (secondary N) is 1. The summed E-state index contributed by atoms with van der Waals surface area (Å²) in [7, 11) is 1.99. The molecule has 1 unspecified atom stereocenters. The summed E-state index contributed by atoms with van der Waals surface area (Å²) in [6.45, 7) is 5.41. The maximum absolute atomic E-state index is 11.7. The summed E-state index contributed by atoms with van der Waals surface area (Å²) in [4.78, 5) is 16.7. The molecular weight excluding hydrogens is 346 g/mol. The molecule has 1 N–H and O–H groups in total. The number of likely N-dealkylation sites (tertiary alicyclic amines) is 1. The Balaban J connectivity index is 1.26. The van der Waals surface area contributed by atoms with Crippen molar-refractivity contribution in [3.63, 3.8) is 0 Å². The first-order valence-electron chi connectivity index (χ1n) is 10.5. The fraction of sp³-hybridized carbons (Fsp3) is 0.458. The standard InChI is InChI=1S/C24H31N3O/c1-25-23-9-5-3-6-20(23)12-15-26-13-10-19(11-14-26)16-27-17-21-7-2-4-8-22(21)24(27)18-28/h2-9,18-19,24-25H,10-17H2,1H3. The Kier molecular flexibility index (Phi) is 6.08. The molecule has 1 fully saturated rings. The van der Waals surface area contributed by atoms with Crippen LogP contribution < -0.4 is 5.32 Å². The molecule has 0 aliphatic carbocycles. The summed E-state index contributed by atoms with van der Waals surface area (Å²) in [6.07, 6.45) is 4.68. The zero-order chi connectivity index (χ0) is 19.3. The first-order valence-corrected chi connectivity index (χ1v) is 10.5. The summed E-state index contributed by atoms with van der Waals surface area (Å²) < 4.78 is 0. The van der Waals surface area contributed by atoms with Crippen LogP contribution in [-0.2, 0) is 17.8 Å². The van der Waals surface area contributed by atoms with Gasteiger partial charge in [0, 0.05) is 32.4 Å². The minimum absolute atomic E-state index is 0.0488. The second kappa shape index (κ2) is 8.89. The molecule has 2 aromatic rings. The molecule has 0 radical (unpaired) electrons. The van der Waals surface area contributed by atoms with Crippen molar-refractivity contribution < 1.29 is 4.79 Å². The van der Waals surface area contributed by atoms with Crippen LogP contribution in [0.2, 0.25) is 0 Å². The third-order valence-electron chi connectivity index (χ3n) is 6.45. The minimum atomic E-state index is -0.0488. The van der Waals surface area contributed by atoms with Gasteiger partial charge in [-0.25, -0.2) is 0 Å². The monoisotopic (exact) mass is 377 g/mol. The van der Waals surface area contributed by atoms with E-state index < -0.39 is 0 Å². The van der Waals surface area contributed by atoms with Crippen molar-refractivity contribution in [3.8, 4) is 0 Å². The smallest absolute Gasteiger partial charge is 0.141 e. The number of aldehydes is 1. The lowest BCUT2D eigenvalue weighted by molar-refractivity contribution is -0.112. The van der Waals surface area contributed by atoms with Gasteiger partial charge in [0.05, 0.1) is 6.04 Å². The van der Waals surface area contributed by atoms with E-state index in [1.54, 1.807) is 0 Å². The predicted octanol–water partition coefficient (Wildman–Crippen LogP) is 3.74. The molecule has 28 heavy (non-hydrogen) atoms. The number of nitrogens with zero attached hydrogens (tertiary/aromatic N) is 2. The zero-order valence-electron chi connectivity index (χ0n) is 16.8. The molecule has 2 aromatic carbocycles. The SMILES string of the molecule is CNc1ccccc1CCN1CCC(CN2Cc3ccccc3C2C=O)CC1. The predicted molar refractivity (Wildman–Crippen MR) is 115 cm³/mol. The fourth-order valence-corrected chi connectivity index (χ4v) is 4.80. The van der Waals surface area contributed by atoms with E-state index in [9.17, 15) is 4.79 Å². The Labute approximate surface area is 168 Å². The molecule has 2 heterocycles. The van der Waals surface area contributed by atoms with Gasteiger partial charge in [-0.1, -0.05) is 42.5 Å². The van der Waals surface area contributed by atoms with Crippen molar-refractivity contribution >= 4 is 12.0 Å². The van der Waals surface area contributed by atoms with Crippen molar-refractivity contribution in [2.24, 2.45) is 5.92 Å². The first-order chi connectivity index (χ1) is 13.8. The van der Waals surface area contributed by atoms with Gasteiger partial charge in [0.1, 0.15) is 6.29 Å². The number of carbonyl (C=O) groups excluding carboxylic acids is 1.